The number of anilines is 4. The molecule has 23 heavy (non-hydrogen) atoms. The Morgan fingerprint density at radius 1 is 1.09 bits per heavy atom. The molecule has 0 fully saturated rings. The van der Waals surface area contributed by atoms with Crippen LogP contribution in [0.2, 0.25) is 0 Å². The molecule has 114 valence electrons. The van der Waals surface area contributed by atoms with Gasteiger partial charge in [-0.25, -0.2) is 15.0 Å². The van der Waals surface area contributed by atoms with Crippen molar-refractivity contribution in [3.05, 3.63) is 54.5 Å². The zero-order valence-electron chi connectivity index (χ0n) is 12.2. The highest BCUT2D eigenvalue weighted by atomic mass is 32.2. The van der Waals surface area contributed by atoms with Crippen LogP contribution in [0, 0.1) is 0 Å². The zero-order valence-corrected chi connectivity index (χ0v) is 13.0. The standard InChI is InChI=1S/C16H14N6S/c17-14-11(2-1-5-18-14)21-9-10-3-4-13-12(8-10)22-15-16(23-13)20-7-6-19-15/h1-8,21H,9H2,(H2,17,18)(H,19,22). The Bertz CT molecular complexity index is 867. The number of nitrogens with zero attached hydrogens (tertiary/aromatic N) is 3. The number of benzene rings is 1. The summed E-state index contributed by atoms with van der Waals surface area (Å²) in [5.74, 6) is 1.30. The minimum atomic E-state index is 0.503. The van der Waals surface area contributed by atoms with Gasteiger partial charge in [0, 0.05) is 30.0 Å². The van der Waals surface area contributed by atoms with E-state index in [2.05, 4.69) is 43.8 Å². The van der Waals surface area contributed by atoms with E-state index in [0.717, 1.165) is 32.7 Å². The van der Waals surface area contributed by atoms with E-state index in [-0.39, 0.29) is 0 Å². The van der Waals surface area contributed by atoms with Gasteiger partial charge in [-0.05, 0) is 29.8 Å². The predicted molar refractivity (Wildman–Crippen MR) is 91.9 cm³/mol. The number of nitrogens with two attached hydrogens (primary N) is 1. The molecule has 0 unspecified atom stereocenters. The number of nitrogen functional groups attached to an aromatic ring is 1. The van der Waals surface area contributed by atoms with Crippen molar-refractivity contribution in [3.8, 4) is 0 Å². The van der Waals surface area contributed by atoms with E-state index in [0.29, 0.717) is 12.4 Å². The summed E-state index contributed by atoms with van der Waals surface area (Å²) in [7, 11) is 0. The first-order chi connectivity index (χ1) is 11.3. The second-order valence-corrected chi connectivity index (χ2v) is 6.09. The topological polar surface area (TPSA) is 88.8 Å². The van der Waals surface area contributed by atoms with Crippen molar-refractivity contribution in [1.29, 1.82) is 0 Å². The summed E-state index contributed by atoms with van der Waals surface area (Å²) in [5.41, 5.74) is 8.87. The molecule has 0 saturated heterocycles. The first-order valence-corrected chi connectivity index (χ1v) is 7.94. The van der Waals surface area contributed by atoms with Gasteiger partial charge in [0.15, 0.2) is 5.82 Å². The lowest BCUT2D eigenvalue weighted by atomic mass is 10.2. The number of hydrogen-bond acceptors (Lipinski definition) is 7. The number of pyridine rings is 1. The van der Waals surface area contributed by atoms with Crippen molar-refractivity contribution in [1.82, 2.24) is 15.0 Å². The molecule has 6 nitrogen and oxygen atoms in total. The van der Waals surface area contributed by atoms with Gasteiger partial charge in [0.05, 0.1) is 11.4 Å². The Labute approximate surface area is 137 Å². The number of fused-ring (bicyclic) bond motifs is 2. The maximum atomic E-state index is 5.84. The monoisotopic (exact) mass is 322 g/mol. The SMILES string of the molecule is Nc1ncccc1NCc1ccc2c(c1)Nc1nccnc1S2. The molecule has 0 atom stereocenters. The van der Waals surface area contributed by atoms with Gasteiger partial charge in [0.25, 0.3) is 0 Å². The number of nitrogens with one attached hydrogen (secondary N) is 2. The molecule has 7 heteroatoms. The molecule has 2 aromatic heterocycles. The summed E-state index contributed by atoms with van der Waals surface area (Å²) >= 11 is 1.62. The molecule has 1 aromatic carbocycles. The average molecular weight is 322 g/mol. The Morgan fingerprint density at radius 2 is 2.00 bits per heavy atom. The normalized spacial score (nSPS) is 12.0. The summed E-state index contributed by atoms with van der Waals surface area (Å²) in [6.07, 6.45) is 5.07. The van der Waals surface area contributed by atoms with E-state index in [1.54, 1.807) is 30.4 Å². The van der Waals surface area contributed by atoms with Crippen molar-refractivity contribution < 1.29 is 0 Å². The van der Waals surface area contributed by atoms with Gasteiger partial charge in [-0.3, -0.25) is 0 Å². The highest BCUT2D eigenvalue weighted by Crippen LogP contribution is 2.42. The van der Waals surface area contributed by atoms with E-state index in [1.807, 2.05) is 12.1 Å². The van der Waals surface area contributed by atoms with Crippen LogP contribution in [0.5, 0.6) is 0 Å². The first kappa shape index (κ1) is 13.8. The zero-order chi connectivity index (χ0) is 15.6. The van der Waals surface area contributed by atoms with Crippen LogP contribution in [0.1, 0.15) is 5.56 Å². The molecule has 1 aliphatic heterocycles. The van der Waals surface area contributed by atoms with Crippen LogP contribution in [-0.2, 0) is 6.54 Å². The van der Waals surface area contributed by atoms with Gasteiger partial charge in [0.1, 0.15) is 10.8 Å². The average Bonchev–Trinajstić information content (AvgIpc) is 2.59. The Kier molecular flexibility index (Phi) is 3.47. The van der Waals surface area contributed by atoms with E-state index in [4.69, 9.17) is 5.73 Å². The van der Waals surface area contributed by atoms with Gasteiger partial charge in [-0.15, -0.1) is 0 Å². The van der Waals surface area contributed by atoms with Crippen LogP contribution in [-0.4, -0.2) is 15.0 Å². The van der Waals surface area contributed by atoms with Crippen molar-refractivity contribution in [2.75, 3.05) is 16.4 Å². The summed E-state index contributed by atoms with van der Waals surface area (Å²) in [6, 6.07) is 10.1. The second kappa shape index (κ2) is 5.77. The number of hydrogen-bond donors (Lipinski definition) is 3. The van der Waals surface area contributed by atoms with E-state index < -0.39 is 0 Å². The van der Waals surface area contributed by atoms with E-state index >= 15 is 0 Å². The summed E-state index contributed by atoms with van der Waals surface area (Å²) in [6.45, 7) is 0.669. The molecule has 0 bridgehead atoms. The molecule has 3 aromatic rings. The van der Waals surface area contributed by atoms with Gasteiger partial charge < -0.3 is 16.4 Å². The lowest BCUT2D eigenvalue weighted by molar-refractivity contribution is 1.04. The first-order valence-electron chi connectivity index (χ1n) is 7.13. The van der Waals surface area contributed by atoms with Gasteiger partial charge in [0.2, 0.25) is 0 Å². The Hall–Kier alpha value is -2.80. The molecular weight excluding hydrogens is 308 g/mol. The van der Waals surface area contributed by atoms with Crippen LogP contribution < -0.4 is 16.4 Å². The van der Waals surface area contributed by atoms with Crippen LogP contribution in [0.4, 0.5) is 23.0 Å². The minimum Gasteiger partial charge on any atom is -0.382 e. The third-order valence-electron chi connectivity index (χ3n) is 3.49. The molecule has 0 amide bonds. The van der Waals surface area contributed by atoms with Crippen molar-refractivity contribution in [2.45, 2.75) is 16.5 Å². The molecule has 4 rings (SSSR count). The quantitative estimate of drug-likeness (QED) is 0.533. The van der Waals surface area contributed by atoms with E-state index in [9.17, 15) is 0 Å². The largest absolute Gasteiger partial charge is 0.382 e. The van der Waals surface area contributed by atoms with E-state index in [1.165, 1.54) is 0 Å². The third kappa shape index (κ3) is 2.78. The molecule has 0 spiro atoms. The molecular formula is C16H14N6S. The lowest BCUT2D eigenvalue weighted by Gasteiger charge is -2.19. The fraction of sp³-hybridized carbons (Fsp3) is 0.0625. The smallest absolute Gasteiger partial charge is 0.163 e. The molecule has 3 heterocycles. The highest BCUT2D eigenvalue weighted by molar-refractivity contribution is 7.99. The number of rotatable bonds is 3. The van der Waals surface area contributed by atoms with Crippen molar-refractivity contribution >= 4 is 34.8 Å². The van der Waals surface area contributed by atoms with Crippen LogP contribution in [0.25, 0.3) is 0 Å². The molecule has 4 N–H and O–H groups in total. The van der Waals surface area contributed by atoms with Gasteiger partial charge in [-0.2, -0.15) is 0 Å². The molecule has 0 aliphatic carbocycles. The predicted octanol–water partition coefficient (Wildman–Crippen LogP) is 3.27. The lowest BCUT2D eigenvalue weighted by Crippen LogP contribution is -2.06. The Morgan fingerprint density at radius 3 is 2.91 bits per heavy atom. The van der Waals surface area contributed by atoms with Crippen LogP contribution in [0.3, 0.4) is 0 Å². The summed E-state index contributed by atoms with van der Waals surface area (Å²) in [5, 5.41) is 7.53. The summed E-state index contributed by atoms with van der Waals surface area (Å²) in [4.78, 5) is 13.9. The summed E-state index contributed by atoms with van der Waals surface area (Å²) < 4.78 is 0. The van der Waals surface area contributed by atoms with Gasteiger partial charge in [-0.1, -0.05) is 17.8 Å². The highest BCUT2D eigenvalue weighted by Gasteiger charge is 2.17. The van der Waals surface area contributed by atoms with Crippen molar-refractivity contribution in [3.63, 3.8) is 0 Å². The maximum Gasteiger partial charge on any atom is 0.163 e. The van der Waals surface area contributed by atoms with Gasteiger partial charge >= 0.3 is 0 Å². The molecule has 1 aliphatic rings. The second-order valence-electron chi connectivity index (χ2n) is 5.06. The molecule has 0 radical (unpaired) electrons. The minimum absolute atomic E-state index is 0.503. The fourth-order valence-electron chi connectivity index (χ4n) is 2.36. The number of aromatic nitrogens is 3. The van der Waals surface area contributed by atoms with Crippen molar-refractivity contribution in [2.24, 2.45) is 0 Å². The fourth-order valence-corrected chi connectivity index (χ4v) is 3.23. The maximum absolute atomic E-state index is 5.84. The Balaban J connectivity index is 1.53. The third-order valence-corrected chi connectivity index (χ3v) is 4.56. The molecule has 0 saturated carbocycles. The van der Waals surface area contributed by atoms with Crippen LogP contribution >= 0.6 is 11.8 Å². The van der Waals surface area contributed by atoms with Crippen LogP contribution in [0.15, 0.2) is 58.8 Å².